The Hall–Kier alpha value is -1.37. The minimum absolute atomic E-state index is 0.00914. The van der Waals surface area contributed by atoms with Gasteiger partial charge in [-0.3, -0.25) is 14.9 Å². The van der Waals surface area contributed by atoms with Crippen molar-refractivity contribution < 1.29 is 14.5 Å². The van der Waals surface area contributed by atoms with Crippen LogP contribution >= 0.6 is 23.2 Å². The van der Waals surface area contributed by atoms with E-state index in [0.717, 1.165) is 6.07 Å². The normalized spacial score (nSPS) is 18.9. The summed E-state index contributed by atoms with van der Waals surface area (Å²) in [5, 5.41) is 10.7. The molecule has 0 saturated carbocycles. The summed E-state index contributed by atoms with van der Waals surface area (Å²) in [5.41, 5.74) is -0.219. The third-order valence-electron chi connectivity index (χ3n) is 3.08. The lowest BCUT2D eigenvalue weighted by atomic mass is 10.1. The highest BCUT2D eigenvalue weighted by atomic mass is 35.5. The van der Waals surface area contributed by atoms with Gasteiger partial charge in [-0.05, 0) is 13.0 Å². The SMILES string of the molecule is C[C@@H]1COCCN1C(=O)c1cc(Cl)c(Cl)c([N+](=O)[O-])c1. The van der Waals surface area contributed by atoms with E-state index in [1.165, 1.54) is 6.07 Å². The molecule has 8 heteroatoms. The molecule has 0 radical (unpaired) electrons. The Balaban J connectivity index is 2.37. The highest BCUT2D eigenvalue weighted by Gasteiger charge is 2.27. The number of nitro groups is 1. The lowest BCUT2D eigenvalue weighted by Gasteiger charge is -2.33. The summed E-state index contributed by atoms with van der Waals surface area (Å²) in [6, 6.07) is 2.41. The Morgan fingerprint density at radius 3 is 2.80 bits per heavy atom. The molecule has 1 amide bonds. The molecule has 1 aliphatic heterocycles. The number of hydrogen-bond acceptors (Lipinski definition) is 4. The Bertz CT molecular complexity index is 565. The number of carbonyl (C=O) groups is 1. The third kappa shape index (κ3) is 2.87. The van der Waals surface area contributed by atoms with Gasteiger partial charge in [-0.2, -0.15) is 0 Å². The van der Waals surface area contributed by atoms with Gasteiger partial charge in [-0.25, -0.2) is 0 Å². The highest BCUT2D eigenvalue weighted by molar-refractivity contribution is 6.43. The van der Waals surface area contributed by atoms with Gasteiger partial charge in [0.15, 0.2) is 0 Å². The van der Waals surface area contributed by atoms with Gasteiger partial charge in [0.05, 0.1) is 29.2 Å². The predicted octanol–water partition coefficient (Wildman–Crippen LogP) is 2.76. The first-order chi connectivity index (χ1) is 9.41. The van der Waals surface area contributed by atoms with Gasteiger partial charge in [0.25, 0.3) is 11.6 Å². The number of carbonyl (C=O) groups excluding carboxylic acids is 1. The zero-order valence-corrected chi connectivity index (χ0v) is 12.1. The molecular weight excluding hydrogens is 307 g/mol. The average Bonchev–Trinajstić information content (AvgIpc) is 2.41. The lowest BCUT2D eigenvalue weighted by Crippen LogP contribution is -2.47. The Kier molecular flexibility index (Phi) is 4.47. The van der Waals surface area contributed by atoms with Crippen LogP contribution in [0.1, 0.15) is 17.3 Å². The summed E-state index contributed by atoms with van der Waals surface area (Å²) in [6.07, 6.45) is 0. The molecule has 1 fully saturated rings. The fourth-order valence-electron chi connectivity index (χ4n) is 2.03. The summed E-state index contributed by atoms with van der Waals surface area (Å²) in [7, 11) is 0. The van der Waals surface area contributed by atoms with Crippen LogP contribution < -0.4 is 0 Å². The molecule has 6 nitrogen and oxygen atoms in total. The van der Waals surface area contributed by atoms with Crippen LogP contribution in [0.3, 0.4) is 0 Å². The van der Waals surface area contributed by atoms with Gasteiger partial charge in [0.2, 0.25) is 0 Å². The maximum Gasteiger partial charge on any atom is 0.290 e. The molecule has 1 aliphatic rings. The minimum Gasteiger partial charge on any atom is -0.377 e. The zero-order valence-electron chi connectivity index (χ0n) is 10.6. The standard InChI is InChI=1S/C12H12Cl2N2O4/c1-7-6-20-3-2-15(7)12(17)8-4-9(13)11(14)10(5-8)16(18)19/h4-5,7H,2-3,6H2,1H3/t7-/m1/s1. The van der Waals surface area contributed by atoms with Crippen LogP contribution in [-0.4, -0.2) is 41.5 Å². The number of halogens is 2. The predicted molar refractivity (Wildman–Crippen MR) is 74.4 cm³/mol. The van der Waals surface area contributed by atoms with E-state index in [1.54, 1.807) is 4.90 Å². The molecule has 20 heavy (non-hydrogen) atoms. The number of rotatable bonds is 2. The second kappa shape index (κ2) is 5.95. The molecule has 0 aromatic heterocycles. The molecule has 1 saturated heterocycles. The molecular formula is C12H12Cl2N2O4. The van der Waals surface area contributed by atoms with E-state index in [-0.39, 0.29) is 33.2 Å². The van der Waals surface area contributed by atoms with Gasteiger partial charge in [0.1, 0.15) is 5.02 Å². The summed E-state index contributed by atoms with van der Waals surface area (Å²) in [5.74, 6) is -0.317. The quantitative estimate of drug-likeness (QED) is 0.621. The molecule has 0 bridgehead atoms. The van der Waals surface area contributed by atoms with Gasteiger partial charge in [-0.1, -0.05) is 23.2 Å². The first kappa shape index (κ1) is 15.0. The van der Waals surface area contributed by atoms with E-state index >= 15 is 0 Å². The third-order valence-corrected chi connectivity index (χ3v) is 3.87. The van der Waals surface area contributed by atoms with Crippen LogP contribution in [0, 0.1) is 10.1 Å². The number of nitrogens with zero attached hydrogens (tertiary/aromatic N) is 2. The van der Waals surface area contributed by atoms with Crippen LogP contribution in [0.25, 0.3) is 0 Å². The fourth-order valence-corrected chi connectivity index (χ4v) is 2.42. The molecule has 1 aromatic carbocycles. The summed E-state index contributed by atoms with van der Waals surface area (Å²) in [4.78, 5) is 24.2. The van der Waals surface area contributed by atoms with Crippen molar-refractivity contribution in [3.8, 4) is 0 Å². The summed E-state index contributed by atoms with van der Waals surface area (Å²) < 4.78 is 5.25. The largest absolute Gasteiger partial charge is 0.377 e. The summed E-state index contributed by atoms with van der Waals surface area (Å²) in [6.45, 7) is 3.17. The molecule has 0 unspecified atom stereocenters. The van der Waals surface area contributed by atoms with E-state index in [0.29, 0.717) is 19.8 Å². The van der Waals surface area contributed by atoms with E-state index in [1.807, 2.05) is 6.92 Å². The maximum absolute atomic E-state index is 12.4. The Labute approximate surface area is 125 Å². The number of nitro benzene ring substituents is 1. The van der Waals surface area contributed by atoms with Crippen molar-refractivity contribution in [1.29, 1.82) is 0 Å². The highest BCUT2D eigenvalue weighted by Crippen LogP contribution is 2.33. The Morgan fingerprint density at radius 2 is 2.20 bits per heavy atom. The van der Waals surface area contributed by atoms with Crippen LogP contribution in [0.5, 0.6) is 0 Å². The minimum atomic E-state index is -0.659. The smallest absolute Gasteiger partial charge is 0.290 e. The van der Waals surface area contributed by atoms with E-state index in [2.05, 4.69) is 0 Å². The Morgan fingerprint density at radius 1 is 1.50 bits per heavy atom. The van der Waals surface area contributed by atoms with Gasteiger partial charge in [-0.15, -0.1) is 0 Å². The zero-order chi connectivity index (χ0) is 14.9. The van der Waals surface area contributed by atoms with Crippen LogP contribution in [-0.2, 0) is 4.74 Å². The van der Waals surface area contributed by atoms with Crippen molar-refractivity contribution in [3.05, 3.63) is 37.9 Å². The molecule has 0 N–H and O–H groups in total. The fraction of sp³-hybridized carbons (Fsp3) is 0.417. The second-order valence-electron chi connectivity index (χ2n) is 4.47. The van der Waals surface area contributed by atoms with E-state index in [4.69, 9.17) is 27.9 Å². The summed E-state index contributed by atoms with van der Waals surface area (Å²) >= 11 is 11.6. The maximum atomic E-state index is 12.4. The van der Waals surface area contributed by atoms with Crippen molar-refractivity contribution in [2.45, 2.75) is 13.0 Å². The first-order valence-corrected chi connectivity index (χ1v) is 6.69. The molecule has 1 heterocycles. The molecule has 0 aliphatic carbocycles. The second-order valence-corrected chi connectivity index (χ2v) is 5.26. The van der Waals surface area contributed by atoms with Crippen molar-refractivity contribution >= 4 is 34.8 Å². The van der Waals surface area contributed by atoms with E-state index < -0.39 is 4.92 Å². The van der Waals surface area contributed by atoms with Crippen molar-refractivity contribution in [1.82, 2.24) is 4.90 Å². The number of ether oxygens (including phenoxy) is 1. The molecule has 0 spiro atoms. The monoisotopic (exact) mass is 318 g/mol. The van der Waals surface area contributed by atoms with Crippen LogP contribution in [0.15, 0.2) is 12.1 Å². The number of morpholine rings is 1. The number of hydrogen-bond donors (Lipinski definition) is 0. The number of amides is 1. The first-order valence-electron chi connectivity index (χ1n) is 5.94. The van der Waals surface area contributed by atoms with Gasteiger partial charge in [0, 0.05) is 18.2 Å². The van der Waals surface area contributed by atoms with Gasteiger partial charge < -0.3 is 9.64 Å². The molecule has 1 aromatic rings. The van der Waals surface area contributed by atoms with Gasteiger partial charge >= 0.3 is 0 Å². The van der Waals surface area contributed by atoms with Crippen molar-refractivity contribution in [2.75, 3.05) is 19.8 Å². The van der Waals surface area contributed by atoms with Crippen molar-refractivity contribution in [3.63, 3.8) is 0 Å². The molecule has 108 valence electrons. The van der Waals surface area contributed by atoms with E-state index in [9.17, 15) is 14.9 Å². The topological polar surface area (TPSA) is 72.7 Å². The molecule has 1 atom stereocenters. The van der Waals surface area contributed by atoms with Crippen LogP contribution in [0.4, 0.5) is 5.69 Å². The average molecular weight is 319 g/mol. The van der Waals surface area contributed by atoms with Crippen molar-refractivity contribution in [2.24, 2.45) is 0 Å². The van der Waals surface area contributed by atoms with Crippen LogP contribution in [0.2, 0.25) is 10.0 Å². The number of benzene rings is 1. The molecule has 2 rings (SSSR count). The lowest BCUT2D eigenvalue weighted by molar-refractivity contribution is -0.384.